The summed E-state index contributed by atoms with van der Waals surface area (Å²) >= 11 is 0. The minimum atomic E-state index is 0.563. The number of nitrogens with zero attached hydrogens (tertiary/aromatic N) is 2. The Labute approximate surface area is 164 Å². The molecule has 1 saturated heterocycles. The largest absolute Gasteiger partial charge is 0.486 e. The average molecular weight is 379 g/mol. The van der Waals surface area contributed by atoms with Crippen molar-refractivity contribution in [2.24, 2.45) is 11.8 Å². The van der Waals surface area contributed by atoms with Gasteiger partial charge in [-0.15, -0.1) is 0 Å². The number of aryl methyl sites for hydroxylation is 1. The van der Waals surface area contributed by atoms with Crippen LogP contribution in [0.4, 0.5) is 17.5 Å². The van der Waals surface area contributed by atoms with Crippen LogP contribution in [0.25, 0.3) is 5.57 Å². The molecule has 3 heterocycles. The van der Waals surface area contributed by atoms with Gasteiger partial charge >= 0.3 is 0 Å². The van der Waals surface area contributed by atoms with E-state index in [1.54, 1.807) is 0 Å². The Morgan fingerprint density at radius 1 is 1.11 bits per heavy atom. The fraction of sp³-hybridized carbons (Fsp3) is 0.429. The maximum atomic E-state index is 6.00. The van der Waals surface area contributed by atoms with Crippen LogP contribution in [0.5, 0.6) is 11.5 Å². The van der Waals surface area contributed by atoms with E-state index in [0.29, 0.717) is 31.0 Å². The monoisotopic (exact) mass is 379 g/mol. The molecule has 0 spiro atoms. The smallest absolute Gasteiger partial charge is 0.229 e. The van der Waals surface area contributed by atoms with Crippen molar-refractivity contribution in [2.75, 3.05) is 44.0 Å². The lowest BCUT2D eigenvalue weighted by atomic mass is 9.97. The van der Waals surface area contributed by atoms with Crippen LogP contribution >= 0.6 is 0 Å². The fourth-order valence-corrected chi connectivity index (χ4v) is 4.33. The highest BCUT2D eigenvalue weighted by molar-refractivity contribution is 5.79. The lowest BCUT2D eigenvalue weighted by Gasteiger charge is -2.23. The van der Waals surface area contributed by atoms with Gasteiger partial charge in [-0.05, 0) is 43.4 Å². The number of nitrogens with one attached hydrogen (secondary N) is 3. The molecule has 2 aliphatic heterocycles. The number of anilines is 3. The summed E-state index contributed by atoms with van der Waals surface area (Å²) in [6.45, 7) is 5.26. The molecular weight excluding hydrogens is 354 g/mol. The van der Waals surface area contributed by atoms with Crippen LogP contribution in [0, 0.1) is 18.8 Å². The van der Waals surface area contributed by atoms with Gasteiger partial charge in [-0.25, -0.2) is 4.98 Å². The highest BCUT2D eigenvalue weighted by Gasteiger charge is 2.33. The highest BCUT2D eigenvalue weighted by Crippen LogP contribution is 2.46. The zero-order valence-corrected chi connectivity index (χ0v) is 16.2. The molecule has 146 valence electrons. The normalized spacial score (nSPS) is 22.6. The van der Waals surface area contributed by atoms with Gasteiger partial charge in [0.1, 0.15) is 19.0 Å². The Morgan fingerprint density at radius 3 is 2.86 bits per heavy atom. The van der Waals surface area contributed by atoms with Crippen molar-refractivity contribution < 1.29 is 9.47 Å². The summed E-state index contributed by atoms with van der Waals surface area (Å²) in [7, 11) is 1.85. The molecule has 1 aliphatic carbocycles. The number of hydrogen-bond acceptors (Lipinski definition) is 7. The SMILES string of the molecule is CNc1cc(C)nc(Nc2cc3c(c(C4=CC5CNCC5C4)c2)OCCO3)n1. The third-order valence-electron chi connectivity index (χ3n) is 5.64. The van der Waals surface area contributed by atoms with Gasteiger partial charge in [0.15, 0.2) is 11.5 Å². The molecule has 2 aromatic rings. The van der Waals surface area contributed by atoms with E-state index < -0.39 is 0 Å². The lowest BCUT2D eigenvalue weighted by molar-refractivity contribution is 0.171. The number of rotatable bonds is 4. The van der Waals surface area contributed by atoms with Crippen LogP contribution < -0.4 is 25.4 Å². The molecule has 1 aromatic carbocycles. The van der Waals surface area contributed by atoms with E-state index in [1.807, 2.05) is 26.1 Å². The second-order valence-electron chi connectivity index (χ2n) is 7.62. The second kappa shape index (κ2) is 6.98. The van der Waals surface area contributed by atoms with Gasteiger partial charge in [0, 0.05) is 42.7 Å². The van der Waals surface area contributed by atoms with E-state index in [9.17, 15) is 0 Å². The van der Waals surface area contributed by atoms with Crippen molar-refractivity contribution in [3.05, 3.63) is 35.5 Å². The fourth-order valence-electron chi connectivity index (χ4n) is 4.33. The molecule has 1 aromatic heterocycles. The maximum absolute atomic E-state index is 6.00. The topological polar surface area (TPSA) is 80.3 Å². The van der Waals surface area contributed by atoms with Crippen LogP contribution in [-0.2, 0) is 0 Å². The summed E-state index contributed by atoms with van der Waals surface area (Å²) < 4.78 is 11.9. The lowest BCUT2D eigenvalue weighted by Crippen LogP contribution is -2.17. The Kier molecular flexibility index (Phi) is 4.31. The van der Waals surface area contributed by atoms with E-state index in [1.165, 1.54) is 5.57 Å². The molecule has 5 rings (SSSR count). The molecule has 7 nitrogen and oxygen atoms in total. The molecule has 0 radical (unpaired) electrons. The molecule has 2 unspecified atom stereocenters. The van der Waals surface area contributed by atoms with Crippen LogP contribution in [0.1, 0.15) is 17.7 Å². The van der Waals surface area contributed by atoms with Crippen molar-refractivity contribution >= 4 is 23.0 Å². The number of allylic oxidation sites excluding steroid dienone is 1. The van der Waals surface area contributed by atoms with Crippen molar-refractivity contribution in [2.45, 2.75) is 13.3 Å². The number of aromatic nitrogens is 2. The molecule has 0 amide bonds. The van der Waals surface area contributed by atoms with Gasteiger partial charge in [-0.3, -0.25) is 0 Å². The Balaban J connectivity index is 1.52. The minimum absolute atomic E-state index is 0.563. The Bertz CT molecular complexity index is 943. The van der Waals surface area contributed by atoms with Gasteiger partial charge in [-0.1, -0.05) is 6.08 Å². The molecule has 0 saturated carbocycles. The summed E-state index contributed by atoms with van der Waals surface area (Å²) in [4.78, 5) is 9.01. The van der Waals surface area contributed by atoms with Crippen molar-refractivity contribution in [1.29, 1.82) is 0 Å². The van der Waals surface area contributed by atoms with Gasteiger partial charge in [0.05, 0.1) is 0 Å². The number of fused-ring (bicyclic) bond motifs is 2. The summed E-state index contributed by atoms with van der Waals surface area (Å²) in [5, 5.41) is 9.90. The summed E-state index contributed by atoms with van der Waals surface area (Å²) in [6.07, 6.45) is 3.48. The average Bonchev–Trinajstić information content (AvgIpc) is 3.29. The van der Waals surface area contributed by atoms with Crippen molar-refractivity contribution in [3.8, 4) is 11.5 Å². The molecule has 3 aliphatic rings. The zero-order valence-electron chi connectivity index (χ0n) is 16.2. The molecular formula is C21H25N5O2. The van der Waals surface area contributed by atoms with E-state index in [2.05, 4.69) is 38.1 Å². The molecule has 7 heteroatoms. The van der Waals surface area contributed by atoms with E-state index in [0.717, 1.165) is 53.8 Å². The molecule has 0 bridgehead atoms. The van der Waals surface area contributed by atoms with Gasteiger partial charge < -0.3 is 25.4 Å². The molecule has 2 atom stereocenters. The predicted octanol–water partition coefficient (Wildman–Crippen LogP) is 2.96. The first-order valence-corrected chi connectivity index (χ1v) is 9.85. The van der Waals surface area contributed by atoms with Gasteiger partial charge in [-0.2, -0.15) is 4.98 Å². The predicted molar refractivity (Wildman–Crippen MR) is 109 cm³/mol. The van der Waals surface area contributed by atoms with Crippen LogP contribution in [0.2, 0.25) is 0 Å². The maximum Gasteiger partial charge on any atom is 0.229 e. The van der Waals surface area contributed by atoms with Crippen molar-refractivity contribution in [1.82, 2.24) is 15.3 Å². The minimum Gasteiger partial charge on any atom is -0.486 e. The van der Waals surface area contributed by atoms with Crippen LogP contribution in [0.15, 0.2) is 24.3 Å². The summed E-state index contributed by atoms with van der Waals surface area (Å²) in [5.74, 6) is 4.29. The summed E-state index contributed by atoms with van der Waals surface area (Å²) in [6, 6.07) is 6.02. The van der Waals surface area contributed by atoms with Gasteiger partial charge in [0.2, 0.25) is 5.95 Å². The first-order chi connectivity index (χ1) is 13.7. The number of ether oxygens (including phenoxy) is 2. The first-order valence-electron chi connectivity index (χ1n) is 9.85. The van der Waals surface area contributed by atoms with E-state index >= 15 is 0 Å². The first kappa shape index (κ1) is 17.3. The number of benzene rings is 1. The number of hydrogen-bond donors (Lipinski definition) is 3. The highest BCUT2D eigenvalue weighted by atomic mass is 16.6. The van der Waals surface area contributed by atoms with Crippen LogP contribution in [-0.4, -0.2) is 43.3 Å². The Hall–Kier alpha value is -2.80. The van der Waals surface area contributed by atoms with E-state index in [4.69, 9.17) is 9.47 Å². The molecule has 1 fully saturated rings. The van der Waals surface area contributed by atoms with Crippen LogP contribution in [0.3, 0.4) is 0 Å². The second-order valence-corrected chi connectivity index (χ2v) is 7.62. The Morgan fingerprint density at radius 2 is 2.00 bits per heavy atom. The molecule has 28 heavy (non-hydrogen) atoms. The zero-order chi connectivity index (χ0) is 19.1. The van der Waals surface area contributed by atoms with E-state index in [-0.39, 0.29) is 0 Å². The third-order valence-corrected chi connectivity index (χ3v) is 5.64. The van der Waals surface area contributed by atoms with Crippen molar-refractivity contribution in [3.63, 3.8) is 0 Å². The third kappa shape index (κ3) is 3.16. The van der Waals surface area contributed by atoms with Gasteiger partial charge in [0.25, 0.3) is 0 Å². The standard InChI is InChI=1S/C21H25N5O2/c1-12-5-19(22-2)26-21(24-12)25-16-8-17(20-18(9-16)27-3-4-28-20)13-6-14-10-23-11-15(14)7-13/h5-6,8-9,14-15,23H,3-4,7,10-11H2,1-2H3,(H2,22,24,25,26). The quantitative estimate of drug-likeness (QED) is 0.754. The summed E-state index contributed by atoms with van der Waals surface area (Å²) in [5.41, 5.74) is 4.28. The molecule has 3 N–H and O–H groups in total.